The highest BCUT2D eigenvalue weighted by molar-refractivity contribution is 5.98. The Morgan fingerprint density at radius 1 is 0.694 bits per heavy atom. The van der Waals surface area contributed by atoms with Crippen LogP contribution in [-0.4, -0.2) is 29.4 Å². The molecule has 7 nitrogen and oxygen atoms in total. The van der Waals surface area contributed by atoms with Crippen LogP contribution in [0.4, 0.5) is 0 Å². The zero-order chi connectivity index (χ0) is 26.3. The van der Waals surface area contributed by atoms with Crippen LogP contribution in [-0.2, 0) is 9.53 Å². The lowest BCUT2D eigenvalue weighted by Crippen LogP contribution is -2.12. The zero-order valence-corrected chi connectivity index (χ0v) is 21.4. The van der Waals surface area contributed by atoms with Crippen LogP contribution in [0.1, 0.15) is 92.9 Å². The second kappa shape index (κ2) is 15.4. The number of ether oxygens (including phenoxy) is 3. The number of carbonyl (C=O) groups excluding carboxylic acids is 3. The lowest BCUT2D eigenvalue weighted by atomic mass is 10.1. The Balaban J connectivity index is 1.78. The minimum Gasteiger partial charge on any atom is -0.509 e. The first-order valence-electron chi connectivity index (χ1n) is 12.5. The van der Waals surface area contributed by atoms with Gasteiger partial charge in [-0.25, -0.2) is 9.59 Å². The Bertz CT molecular complexity index is 1020. The van der Waals surface area contributed by atoms with Crippen LogP contribution in [0.25, 0.3) is 0 Å². The molecular weight excluding hydrogens is 460 g/mol. The minimum atomic E-state index is -0.811. The molecule has 36 heavy (non-hydrogen) atoms. The Morgan fingerprint density at radius 2 is 1.19 bits per heavy atom. The molecule has 0 aliphatic heterocycles. The van der Waals surface area contributed by atoms with E-state index in [9.17, 15) is 19.5 Å². The Hall–Kier alpha value is -3.61. The van der Waals surface area contributed by atoms with E-state index in [-0.39, 0.29) is 17.1 Å². The van der Waals surface area contributed by atoms with Gasteiger partial charge in [-0.15, -0.1) is 0 Å². The van der Waals surface area contributed by atoms with E-state index in [1.165, 1.54) is 76.6 Å². The molecule has 0 saturated heterocycles. The number of hydrogen-bond acceptors (Lipinski definition) is 7. The van der Waals surface area contributed by atoms with Crippen LogP contribution in [0.3, 0.4) is 0 Å². The molecule has 0 fully saturated rings. The quantitative estimate of drug-likeness (QED) is 0.0935. The number of esters is 2. The van der Waals surface area contributed by atoms with Gasteiger partial charge in [-0.2, -0.15) is 0 Å². The summed E-state index contributed by atoms with van der Waals surface area (Å²) in [6, 6.07) is 12.5. The molecule has 0 radical (unpaired) electrons. The maximum absolute atomic E-state index is 12.4. The maximum Gasteiger partial charge on any atom is 0.343 e. The molecule has 0 amide bonds. The number of allylic oxidation sites excluding steroid dienone is 2. The van der Waals surface area contributed by atoms with Crippen molar-refractivity contribution < 1.29 is 33.7 Å². The van der Waals surface area contributed by atoms with Gasteiger partial charge >= 0.3 is 11.9 Å². The van der Waals surface area contributed by atoms with Crippen LogP contribution in [0.5, 0.6) is 11.5 Å². The molecule has 0 spiro atoms. The Morgan fingerprint density at radius 3 is 1.72 bits per heavy atom. The van der Waals surface area contributed by atoms with Crippen molar-refractivity contribution in [3.8, 4) is 11.5 Å². The first-order valence-corrected chi connectivity index (χ1v) is 12.5. The third-order valence-electron chi connectivity index (χ3n) is 5.50. The molecule has 0 unspecified atom stereocenters. The molecule has 1 N–H and O–H groups in total. The first-order chi connectivity index (χ1) is 17.3. The number of benzene rings is 2. The molecule has 0 bridgehead atoms. The molecule has 2 rings (SSSR count). The highest BCUT2D eigenvalue weighted by atomic mass is 16.5. The summed E-state index contributed by atoms with van der Waals surface area (Å²) < 4.78 is 16.1. The highest BCUT2D eigenvalue weighted by Crippen LogP contribution is 2.19. The van der Waals surface area contributed by atoms with Crippen molar-refractivity contribution in [2.24, 2.45) is 0 Å². The minimum absolute atomic E-state index is 0.132. The van der Waals surface area contributed by atoms with Crippen molar-refractivity contribution in [3.63, 3.8) is 0 Å². The second-order valence-electron chi connectivity index (χ2n) is 8.62. The summed E-state index contributed by atoms with van der Waals surface area (Å²) in [6.45, 7) is 5.31. The van der Waals surface area contributed by atoms with Crippen LogP contribution in [0.2, 0.25) is 0 Å². The maximum atomic E-state index is 12.4. The summed E-state index contributed by atoms with van der Waals surface area (Å²) in [5.41, 5.74) is 0.500. The van der Waals surface area contributed by atoms with Gasteiger partial charge in [-0.05, 0) is 61.9 Å². The van der Waals surface area contributed by atoms with Gasteiger partial charge in [0.25, 0.3) is 0 Å². The van der Waals surface area contributed by atoms with E-state index in [2.05, 4.69) is 6.92 Å². The number of Topliss-reactive ketones (excluding diaryl/α,β-unsaturated/α-hetero) is 1. The smallest absolute Gasteiger partial charge is 0.343 e. The van der Waals surface area contributed by atoms with Gasteiger partial charge in [0, 0.05) is 6.92 Å². The van der Waals surface area contributed by atoms with Gasteiger partial charge in [0.15, 0.2) is 5.78 Å². The monoisotopic (exact) mass is 496 g/mol. The average Bonchev–Trinajstić information content (AvgIpc) is 2.86. The van der Waals surface area contributed by atoms with Crippen LogP contribution >= 0.6 is 0 Å². The summed E-state index contributed by atoms with van der Waals surface area (Å²) in [5, 5.41) is 9.47. The first kappa shape index (κ1) is 28.6. The number of rotatable bonds is 15. The lowest BCUT2D eigenvalue weighted by Gasteiger charge is -2.09. The van der Waals surface area contributed by atoms with Crippen molar-refractivity contribution in [1.82, 2.24) is 0 Å². The molecule has 0 aliphatic rings. The SMILES string of the molecule is CCCCCCCCCCOc1ccc(C(=O)Oc2ccc(C(=O)O/C(C(C)=O)=C(\C)O)cc2)cc1. The van der Waals surface area contributed by atoms with E-state index in [0.717, 1.165) is 12.8 Å². The summed E-state index contributed by atoms with van der Waals surface area (Å²) >= 11 is 0. The van der Waals surface area contributed by atoms with Crippen LogP contribution in [0.15, 0.2) is 60.0 Å². The fraction of sp³-hybridized carbons (Fsp3) is 0.414. The van der Waals surface area contributed by atoms with Gasteiger partial charge < -0.3 is 19.3 Å². The molecule has 2 aromatic carbocycles. The summed E-state index contributed by atoms with van der Waals surface area (Å²) in [5.74, 6) is -1.78. The molecule has 194 valence electrons. The van der Waals surface area contributed by atoms with Gasteiger partial charge in [-0.1, -0.05) is 51.9 Å². The summed E-state index contributed by atoms with van der Waals surface area (Å²) in [6.07, 6.45) is 9.91. The van der Waals surface area contributed by atoms with Gasteiger partial charge in [0.1, 0.15) is 17.3 Å². The third-order valence-corrected chi connectivity index (χ3v) is 5.50. The average molecular weight is 497 g/mol. The second-order valence-corrected chi connectivity index (χ2v) is 8.62. The van der Waals surface area contributed by atoms with Crippen molar-refractivity contribution in [2.75, 3.05) is 6.61 Å². The van der Waals surface area contributed by atoms with Crippen LogP contribution < -0.4 is 9.47 Å². The van der Waals surface area contributed by atoms with Crippen molar-refractivity contribution in [3.05, 3.63) is 71.2 Å². The van der Waals surface area contributed by atoms with Crippen molar-refractivity contribution in [1.29, 1.82) is 0 Å². The zero-order valence-electron chi connectivity index (χ0n) is 21.4. The number of unbranched alkanes of at least 4 members (excludes halogenated alkanes) is 7. The molecule has 0 heterocycles. The molecule has 7 heteroatoms. The summed E-state index contributed by atoms with van der Waals surface area (Å²) in [7, 11) is 0. The van der Waals surface area contributed by atoms with Gasteiger partial charge in [0.2, 0.25) is 5.76 Å². The van der Waals surface area contributed by atoms with Gasteiger partial charge in [0.05, 0.1) is 17.7 Å². The molecule has 0 atom stereocenters. The predicted molar refractivity (Wildman–Crippen MR) is 137 cm³/mol. The van der Waals surface area contributed by atoms with E-state index in [1.54, 1.807) is 24.3 Å². The number of hydrogen-bond donors (Lipinski definition) is 1. The topological polar surface area (TPSA) is 99.1 Å². The fourth-order valence-corrected chi connectivity index (χ4v) is 3.49. The molecular formula is C29H36O7. The third kappa shape index (κ3) is 9.94. The Kier molecular flexibility index (Phi) is 12.2. The highest BCUT2D eigenvalue weighted by Gasteiger charge is 2.17. The Labute approximate surface area is 213 Å². The molecule has 0 saturated carbocycles. The number of ketones is 1. The van der Waals surface area contributed by atoms with E-state index in [4.69, 9.17) is 14.2 Å². The van der Waals surface area contributed by atoms with E-state index >= 15 is 0 Å². The van der Waals surface area contributed by atoms with E-state index in [0.29, 0.717) is 17.9 Å². The number of carbonyl (C=O) groups is 3. The van der Waals surface area contributed by atoms with Crippen molar-refractivity contribution in [2.45, 2.75) is 72.1 Å². The summed E-state index contributed by atoms with van der Waals surface area (Å²) in [4.78, 5) is 36.1. The molecule has 2 aromatic rings. The number of aliphatic hydroxyl groups is 1. The van der Waals surface area contributed by atoms with Gasteiger partial charge in [-0.3, -0.25) is 4.79 Å². The predicted octanol–water partition coefficient (Wildman–Crippen LogP) is 6.96. The molecule has 0 aliphatic carbocycles. The largest absolute Gasteiger partial charge is 0.509 e. The van der Waals surface area contributed by atoms with E-state index in [1.807, 2.05) is 0 Å². The van der Waals surface area contributed by atoms with Crippen molar-refractivity contribution >= 4 is 17.7 Å². The number of aliphatic hydroxyl groups excluding tert-OH is 1. The van der Waals surface area contributed by atoms with E-state index < -0.39 is 23.5 Å². The molecule has 0 aromatic heterocycles. The lowest BCUT2D eigenvalue weighted by molar-refractivity contribution is -0.116. The fourth-order valence-electron chi connectivity index (χ4n) is 3.49. The van der Waals surface area contributed by atoms with Crippen LogP contribution in [0, 0.1) is 0 Å². The standard InChI is InChI=1S/C29H36O7/c1-4-5-6-7-8-9-10-11-20-34-25-16-12-23(13-17-25)28(32)35-26-18-14-24(15-19-26)29(33)36-27(21(2)30)22(3)31/h12-19,30H,4-11,20H2,1-3H3/b27-21+. The normalized spacial score (nSPS) is 11.4.